The molecule has 4 nitrogen and oxygen atoms in total. The van der Waals surface area contributed by atoms with Crippen LogP contribution in [0.15, 0.2) is 6.33 Å². The molecule has 78 valence electrons. The topological polar surface area (TPSA) is 56.7 Å². The van der Waals surface area contributed by atoms with E-state index in [4.69, 9.17) is 5.73 Å². The molecule has 0 bridgehead atoms. The molecule has 0 amide bonds. The van der Waals surface area contributed by atoms with E-state index in [9.17, 15) is 0 Å². The molecule has 6 heteroatoms. The summed E-state index contributed by atoms with van der Waals surface area (Å²) in [5.41, 5.74) is 5.41. The van der Waals surface area contributed by atoms with E-state index >= 15 is 0 Å². The zero-order valence-corrected chi connectivity index (χ0v) is 9.44. The van der Waals surface area contributed by atoms with Gasteiger partial charge in [0.15, 0.2) is 0 Å². The minimum Gasteiger partial charge on any atom is -0.330 e. The molecule has 1 aromatic rings. The van der Waals surface area contributed by atoms with Gasteiger partial charge in [-0.25, -0.2) is 0 Å². The number of nitrogens with zero attached hydrogens (tertiary/aromatic N) is 3. The van der Waals surface area contributed by atoms with E-state index in [-0.39, 0.29) is 24.8 Å². The van der Waals surface area contributed by atoms with E-state index < -0.39 is 0 Å². The van der Waals surface area contributed by atoms with Crippen LogP contribution in [0.2, 0.25) is 0 Å². The lowest BCUT2D eigenvalue weighted by Crippen LogP contribution is -2.10. The smallest absolute Gasteiger partial charge is 0.134 e. The second-order valence-corrected chi connectivity index (χ2v) is 2.79. The number of hydrogen-bond acceptors (Lipinski definition) is 3. The molecule has 0 aliphatic carbocycles. The molecule has 1 heterocycles. The first-order chi connectivity index (χ1) is 5.25. The predicted octanol–water partition coefficient (Wildman–Crippen LogP) is 1.20. The Labute approximate surface area is 90.7 Å². The quantitative estimate of drug-likeness (QED) is 0.844. The third kappa shape index (κ3) is 3.93. The first kappa shape index (κ1) is 15.2. The Morgan fingerprint density at radius 1 is 1.46 bits per heavy atom. The zero-order chi connectivity index (χ0) is 8.27. The van der Waals surface area contributed by atoms with Crippen LogP contribution in [0.1, 0.15) is 25.7 Å². The highest BCUT2D eigenvalue weighted by Gasteiger charge is 2.04. The average molecular weight is 227 g/mol. The van der Waals surface area contributed by atoms with Gasteiger partial charge >= 0.3 is 0 Å². The lowest BCUT2D eigenvalue weighted by Gasteiger charge is -2.08. The van der Waals surface area contributed by atoms with Gasteiger partial charge < -0.3 is 10.3 Å². The second-order valence-electron chi connectivity index (χ2n) is 2.79. The summed E-state index contributed by atoms with van der Waals surface area (Å²) in [5, 5.41) is 7.78. The Morgan fingerprint density at radius 2 is 2.08 bits per heavy atom. The van der Waals surface area contributed by atoms with Crippen LogP contribution in [0.5, 0.6) is 0 Å². The summed E-state index contributed by atoms with van der Waals surface area (Å²) in [6, 6.07) is 0.423. The van der Waals surface area contributed by atoms with Gasteiger partial charge in [0.05, 0.1) is 0 Å². The van der Waals surface area contributed by atoms with Gasteiger partial charge in [-0.1, -0.05) is 0 Å². The van der Waals surface area contributed by atoms with Gasteiger partial charge in [-0.05, 0) is 20.4 Å². The van der Waals surface area contributed by atoms with Crippen LogP contribution in [-0.2, 0) is 6.42 Å². The lowest BCUT2D eigenvalue weighted by atomic mass is 10.3. The molecular formula is C7H16Cl2N4. The maximum Gasteiger partial charge on any atom is 0.134 e. The number of halogens is 2. The maximum absolute atomic E-state index is 5.41. The standard InChI is InChI=1S/C7H14N4.2ClH/c1-6(2)11-5-9-10-7(11)3-4-8;;/h5-6H,3-4,8H2,1-2H3;2*1H. The van der Waals surface area contributed by atoms with Crippen molar-refractivity contribution in [2.24, 2.45) is 5.73 Å². The lowest BCUT2D eigenvalue weighted by molar-refractivity contribution is 0.567. The van der Waals surface area contributed by atoms with E-state index in [2.05, 4.69) is 24.0 Å². The van der Waals surface area contributed by atoms with Crippen molar-refractivity contribution in [3.63, 3.8) is 0 Å². The molecule has 0 atom stereocenters. The fourth-order valence-electron chi connectivity index (χ4n) is 1.01. The molecule has 0 saturated carbocycles. The molecule has 0 spiro atoms. The Morgan fingerprint density at radius 3 is 2.54 bits per heavy atom. The van der Waals surface area contributed by atoms with Crippen molar-refractivity contribution in [2.45, 2.75) is 26.3 Å². The summed E-state index contributed by atoms with van der Waals surface area (Å²) in [7, 11) is 0. The van der Waals surface area contributed by atoms with Gasteiger partial charge in [-0.2, -0.15) is 0 Å². The van der Waals surface area contributed by atoms with Crippen molar-refractivity contribution < 1.29 is 0 Å². The molecule has 1 aromatic heterocycles. The van der Waals surface area contributed by atoms with Crippen molar-refractivity contribution in [1.82, 2.24) is 14.8 Å². The average Bonchev–Trinajstić information content (AvgIpc) is 2.36. The fourth-order valence-corrected chi connectivity index (χ4v) is 1.01. The third-order valence-corrected chi connectivity index (χ3v) is 1.57. The monoisotopic (exact) mass is 226 g/mol. The van der Waals surface area contributed by atoms with Gasteiger partial charge in [0.2, 0.25) is 0 Å². The summed E-state index contributed by atoms with van der Waals surface area (Å²) in [6.07, 6.45) is 2.55. The van der Waals surface area contributed by atoms with Gasteiger partial charge in [-0.3, -0.25) is 0 Å². The van der Waals surface area contributed by atoms with E-state index in [0.717, 1.165) is 12.2 Å². The van der Waals surface area contributed by atoms with Crippen LogP contribution >= 0.6 is 24.8 Å². The third-order valence-electron chi connectivity index (χ3n) is 1.57. The van der Waals surface area contributed by atoms with Crippen LogP contribution in [0.4, 0.5) is 0 Å². The van der Waals surface area contributed by atoms with Crippen molar-refractivity contribution >= 4 is 24.8 Å². The highest BCUT2D eigenvalue weighted by molar-refractivity contribution is 5.85. The van der Waals surface area contributed by atoms with E-state index in [0.29, 0.717) is 12.6 Å². The van der Waals surface area contributed by atoms with Crippen LogP contribution in [0.3, 0.4) is 0 Å². The molecule has 0 saturated heterocycles. The highest BCUT2D eigenvalue weighted by atomic mass is 35.5. The molecule has 0 fully saturated rings. The van der Waals surface area contributed by atoms with Gasteiger partial charge in [0, 0.05) is 12.5 Å². The normalized spacial score (nSPS) is 9.23. The van der Waals surface area contributed by atoms with Crippen LogP contribution in [0.25, 0.3) is 0 Å². The first-order valence-corrected chi connectivity index (χ1v) is 3.84. The van der Waals surface area contributed by atoms with Gasteiger partial charge in [-0.15, -0.1) is 35.0 Å². The largest absolute Gasteiger partial charge is 0.330 e. The zero-order valence-electron chi connectivity index (χ0n) is 7.80. The molecule has 1 rings (SSSR count). The van der Waals surface area contributed by atoms with Gasteiger partial charge in [0.25, 0.3) is 0 Å². The number of rotatable bonds is 3. The van der Waals surface area contributed by atoms with Crippen LogP contribution in [-0.4, -0.2) is 21.3 Å². The molecule has 0 unspecified atom stereocenters. The molecule has 2 N–H and O–H groups in total. The Balaban J connectivity index is 0. The second kappa shape index (κ2) is 7.12. The van der Waals surface area contributed by atoms with Crippen LogP contribution in [0, 0.1) is 0 Å². The fraction of sp³-hybridized carbons (Fsp3) is 0.714. The van der Waals surface area contributed by atoms with Crippen molar-refractivity contribution in [1.29, 1.82) is 0 Å². The van der Waals surface area contributed by atoms with E-state index in [1.165, 1.54) is 0 Å². The Bertz CT molecular complexity index is 224. The SMILES string of the molecule is CC(C)n1cnnc1CCN.Cl.Cl. The molecule has 13 heavy (non-hydrogen) atoms. The molecule has 0 aliphatic heterocycles. The number of hydrogen-bond donors (Lipinski definition) is 1. The molecule has 0 radical (unpaired) electrons. The van der Waals surface area contributed by atoms with E-state index in [1.807, 2.05) is 4.57 Å². The summed E-state index contributed by atoms with van der Waals surface area (Å²) in [6.45, 7) is 4.83. The minimum atomic E-state index is 0. The van der Waals surface area contributed by atoms with Crippen molar-refractivity contribution in [3.8, 4) is 0 Å². The number of nitrogens with two attached hydrogens (primary N) is 1. The Hall–Kier alpha value is -0.320. The molecular weight excluding hydrogens is 211 g/mol. The van der Waals surface area contributed by atoms with Gasteiger partial charge in [0.1, 0.15) is 12.2 Å². The van der Waals surface area contributed by atoms with Crippen LogP contribution < -0.4 is 5.73 Å². The van der Waals surface area contributed by atoms with E-state index in [1.54, 1.807) is 6.33 Å². The van der Waals surface area contributed by atoms with Crippen molar-refractivity contribution in [2.75, 3.05) is 6.54 Å². The highest BCUT2D eigenvalue weighted by Crippen LogP contribution is 2.05. The summed E-state index contributed by atoms with van der Waals surface area (Å²) in [4.78, 5) is 0. The predicted molar refractivity (Wildman–Crippen MR) is 57.7 cm³/mol. The number of aromatic nitrogens is 3. The Kier molecular flexibility index (Phi) is 8.30. The molecule has 0 aliphatic rings. The van der Waals surface area contributed by atoms with Crippen molar-refractivity contribution in [3.05, 3.63) is 12.2 Å². The maximum atomic E-state index is 5.41. The molecule has 0 aromatic carbocycles. The summed E-state index contributed by atoms with van der Waals surface area (Å²) in [5.74, 6) is 0.975. The first-order valence-electron chi connectivity index (χ1n) is 3.84. The summed E-state index contributed by atoms with van der Waals surface area (Å²) >= 11 is 0. The summed E-state index contributed by atoms with van der Waals surface area (Å²) < 4.78 is 2.03. The minimum absolute atomic E-state index is 0.